The van der Waals surface area contributed by atoms with Gasteiger partial charge in [0.2, 0.25) is 0 Å². The summed E-state index contributed by atoms with van der Waals surface area (Å²) in [5.74, 6) is 0.432. The maximum Gasteiger partial charge on any atom is 0.319 e. The van der Waals surface area contributed by atoms with E-state index in [4.69, 9.17) is 10.5 Å². The summed E-state index contributed by atoms with van der Waals surface area (Å²) in [5, 5.41) is 13.2. The van der Waals surface area contributed by atoms with Gasteiger partial charge in [-0.2, -0.15) is 0 Å². The van der Waals surface area contributed by atoms with Crippen LogP contribution in [0.4, 0.5) is 10.5 Å². The second-order valence-corrected chi connectivity index (χ2v) is 8.27. The maximum atomic E-state index is 12.2. The highest BCUT2D eigenvalue weighted by atomic mass is 16.5. The molecule has 1 saturated carbocycles. The number of carbonyl (C=O) groups excluding carboxylic acids is 2. The van der Waals surface area contributed by atoms with E-state index in [1.54, 1.807) is 42.3 Å². The van der Waals surface area contributed by atoms with E-state index in [0.29, 0.717) is 17.0 Å². The normalized spacial score (nSPS) is 15.5. The number of ether oxygens (including phenoxy) is 1. The fourth-order valence-electron chi connectivity index (χ4n) is 3.93. The first kappa shape index (κ1) is 24.3. The molecular formula is C25H32N4O4. The van der Waals surface area contributed by atoms with E-state index >= 15 is 0 Å². The number of anilines is 1. The van der Waals surface area contributed by atoms with Crippen molar-refractivity contribution >= 4 is 17.5 Å². The number of ketones is 1. The summed E-state index contributed by atoms with van der Waals surface area (Å²) in [5.41, 5.74) is 7.54. The standard InChI is InChI=1S/C25H32N4O4/c1-18(14-24(31)19-6-5-13-27-15-19)28-16-22(30)17-33-23-11-9-21(10-12-23)29(25(26)32)20-7-3-2-4-8-20/h5-6,9-15,20,22,28,30H,2-4,7-8,16-17H2,1H3,(H2,26,32). The van der Waals surface area contributed by atoms with Gasteiger partial charge >= 0.3 is 6.03 Å². The minimum absolute atomic E-state index is 0.0817. The first-order valence-electron chi connectivity index (χ1n) is 11.3. The summed E-state index contributed by atoms with van der Waals surface area (Å²) in [6.45, 7) is 2.08. The Hall–Kier alpha value is -3.39. The molecule has 0 saturated heterocycles. The molecule has 2 aromatic rings. The molecule has 1 unspecified atom stereocenters. The van der Waals surface area contributed by atoms with Gasteiger partial charge in [0.15, 0.2) is 5.78 Å². The zero-order valence-electron chi connectivity index (χ0n) is 18.9. The van der Waals surface area contributed by atoms with Gasteiger partial charge < -0.3 is 20.9 Å². The molecule has 0 bridgehead atoms. The number of nitrogens with one attached hydrogen (secondary N) is 1. The molecule has 1 atom stereocenters. The van der Waals surface area contributed by atoms with Gasteiger partial charge in [0.25, 0.3) is 0 Å². The Morgan fingerprint density at radius 2 is 1.97 bits per heavy atom. The van der Waals surface area contributed by atoms with E-state index in [9.17, 15) is 14.7 Å². The zero-order chi connectivity index (χ0) is 23.6. The lowest BCUT2D eigenvalue weighted by Gasteiger charge is -2.33. The highest BCUT2D eigenvalue weighted by Crippen LogP contribution is 2.28. The molecule has 2 amide bonds. The van der Waals surface area contributed by atoms with E-state index in [1.165, 1.54) is 18.7 Å². The Morgan fingerprint density at radius 1 is 1.24 bits per heavy atom. The van der Waals surface area contributed by atoms with Gasteiger partial charge in [-0.25, -0.2) is 4.79 Å². The Labute approximate surface area is 194 Å². The van der Waals surface area contributed by atoms with Crippen LogP contribution in [0.2, 0.25) is 0 Å². The largest absolute Gasteiger partial charge is 0.491 e. The van der Waals surface area contributed by atoms with Crippen molar-refractivity contribution in [3.8, 4) is 5.75 Å². The molecule has 4 N–H and O–H groups in total. The molecule has 0 aliphatic heterocycles. The number of aliphatic hydroxyl groups excluding tert-OH is 1. The predicted octanol–water partition coefficient (Wildman–Crippen LogP) is 3.42. The minimum atomic E-state index is -0.772. The van der Waals surface area contributed by atoms with Gasteiger partial charge in [-0.15, -0.1) is 0 Å². The van der Waals surface area contributed by atoms with E-state index in [1.807, 2.05) is 12.1 Å². The number of pyridine rings is 1. The number of hydrogen-bond donors (Lipinski definition) is 3. The van der Waals surface area contributed by atoms with Crippen LogP contribution in [0.5, 0.6) is 5.75 Å². The number of benzene rings is 1. The Morgan fingerprint density at radius 3 is 2.61 bits per heavy atom. The number of amides is 2. The predicted molar refractivity (Wildman–Crippen MR) is 127 cm³/mol. The third kappa shape index (κ3) is 7.32. The summed E-state index contributed by atoms with van der Waals surface area (Å²) >= 11 is 0. The van der Waals surface area contributed by atoms with Crippen LogP contribution in [-0.2, 0) is 0 Å². The lowest BCUT2D eigenvalue weighted by molar-refractivity contribution is 0.103. The van der Waals surface area contributed by atoms with Gasteiger partial charge in [0.1, 0.15) is 18.5 Å². The topological polar surface area (TPSA) is 118 Å². The van der Waals surface area contributed by atoms with Crippen LogP contribution in [0, 0.1) is 0 Å². The fraction of sp³-hybridized carbons (Fsp3) is 0.400. The Bertz CT molecular complexity index is 941. The minimum Gasteiger partial charge on any atom is -0.491 e. The first-order chi connectivity index (χ1) is 15.9. The van der Waals surface area contributed by atoms with Gasteiger partial charge in [0.05, 0.1) is 0 Å². The van der Waals surface area contributed by atoms with E-state index in [2.05, 4.69) is 10.3 Å². The molecule has 1 aromatic carbocycles. The molecular weight excluding hydrogens is 420 g/mol. The third-order valence-electron chi connectivity index (χ3n) is 5.64. The molecule has 1 fully saturated rings. The van der Waals surface area contributed by atoms with E-state index in [0.717, 1.165) is 31.4 Å². The quantitative estimate of drug-likeness (QED) is 0.376. The lowest BCUT2D eigenvalue weighted by atomic mass is 9.94. The van der Waals surface area contributed by atoms with Crippen molar-refractivity contribution in [2.75, 3.05) is 18.1 Å². The van der Waals surface area contributed by atoms with Crippen LogP contribution in [0.25, 0.3) is 0 Å². The number of rotatable bonds is 10. The van der Waals surface area contributed by atoms with Crippen molar-refractivity contribution in [2.24, 2.45) is 5.73 Å². The Balaban J connectivity index is 1.47. The van der Waals surface area contributed by atoms with Crippen molar-refractivity contribution in [2.45, 2.75) is 51.2 Å². The van der Waals surface area contributed by atoms with Gasteiger partial charge in [-0.3, -0.25) is 14.7 Å². The van der Waals surface area contributed by atoms with E-state index < -0.39 is 12.1 Å². The monoisotopic (exact) mass is 452 g/mol. The van der Waals surface area contributed by atoms with Crippen LogP contribution in [0.15, 0.2) is 60.6 Å². The average molecular weight is 453 g/mol. The SMILES string of the molecule is CC(=CC(=O)c1cccnc1)NCC(O)COc1ccc(N(C(N)=O)C2CCCCC2)cc1. The van der Waals surface area contributed by atoms with Crippen LogP contribution in [0.3, 0.4) is 0 Å². The molecule has 3 rings (SSSR count). The number of nitrogens with two attached hydrogens (primary N) is 1. The van der Waals surface area contributed by atoms with Crippen LogP contribution in [-0.4, -0.2) is 47.2 Å². The van der Waals surface area contributed by atoms with Crippen LogP contribution >= 0.6 is 0 Å². The number of urea groups is 1. The molecule has 0 radical (unpaired) electrons. The number of primary amides is 1. The van der Waals surface area contributed by atoms with Crippen LogP contribution < -0.4 is 20.7 Å². The molecule has 1 heterocycles. The molecule has 1 aliphatic rings. The van der Waals surface area contributed by atoms with Crippen molar-refractivity contribution in [1.82, 2.24) is 10.3 Å². The lowest BCUT2D eigenvalue weighted by Crippen LogP contribution is -2.44. The maximum absolute atomic E-state index is 12.2. The number of aromatic nitrogens is 1. The Kier molecular flexibility index (Phi) is 8.83. The number of aliphatic hydroxyl groups is 1. The van der Waals surface area contributed by atoms with Gasteiger partial charge in [-0.1, -0.05) is 19.3 Å². The summed E-state index contributed by atoms with van der Waals surface area (Å²) in [4.78, 5) is 29.8. The van der Waals surface area contributed by atoms with Crippen LogP contribution in [0.1, 0.15) is 49.4 Å². The summed E-state index contributed by atoms with van der Waals surface area (Å²) < 4.78 is 5.67. The smallest absolute Gasteiger partial charge is 0.319 e. The molecule has 0 spiro atoms. The van der Waals surface area contributed by atoms with Crippen molar-refractivity contribution < 1.29 is 19.4 Å². The fourth-order valence-corrected chi connectivity index (χ4v) is 3.93. The number of nitrogens with zero attached hydrogens (tertiary/aromatic N) is 2. The molecule has 1 aliphatic carbocycles. The zero-order valence-corrected chi connectivity index (χ0v) is 18.9. The summed E-state index contributed by atoms with van der Waals surface area (Å²) in [6, 6.07) is 10.3. The van der Waals surface area contributed by atoms with Gasteiger partial charge in [-0.05, 0) is 56.2 Å². The van der Waals surface area contributed by atoms with Gasteiger partial charge in [0, 0.05) is 48.0 Å². The molecule has 1 aromatic heterocycles. The first-order valence-corrected chi connectivity index (χ1v) is 11.3. The molecule has 8 heteroatoms. The van der Waals surface area contributed by atoms with Crippen molar-refractivity contribution in [3.05, 3.63) is 66.1 Å². The second-order valence-electron chi connectivity index (χ2n) is 8.27. The van der Waals surface area contributed by atoms with Crippen molar-refractivity contribution in [3.63, 3.8) is 0 Å². The number of carbonyl (C=O) groups is 2. The second kappa shape index (κ2) is 12.0. The van der Waals surface area contributed by atoms with E-state index in [-0.39, 0.29) is 25.0 Å². The third-order valence-corrected chi connectivity index (χ3v) is 5.64. The average Bonchev–Trinajstić information content (AvgIpc) is 2.83. The van der Waals surface area contributed by atoms with Crippen molar-refractivity contribution in [1.29, 1.82) is 0 Å². The molecule has 33 heavy (non-hydrogen) atoms. The summed E-state index contributed by atoms with van der Waals surface area (Å²) in [7, 11) is 0. The molecule has 8 nitrogen and oxygen atoms in total. The number of hydrogen-bond acceptors (Lipinski definition) is 6. The highest BCUT2D eigenvalue weighted by molar-refractivity contribution is 6.04. The molecule has 176 valence electrons. The highest BCUT2D eigenvalue weighted by Gasteiger charge is 2.25. The summed E-state index contributed by atoms with van der Waals surface area (Å²) in [6.07, 6.45) is 9.15. The number of allylic oxidation sites excluding steroid dienone is 2.